The van der Waals surface area contributed by atoms with Crippen LogP contribution in [0.25, 0.3) is 0 Å². The molecule has 0 aliphatic carbocycles. The molecule has 1 unspecified atom stereocenters. The molecule has 0 bridgehead atoms. The lowest BCUT2D eigenvalue weighted by molar-refractivity contribution is 0.116. The molecule has 0 spiro atoms. The molecule has 2 amide bonds. The molecule has 0 saturated carbocycles. The molecule has 2 aromatic rings. The highest BCUT2D eigenvalue weighted by Crippen LogP contribution is 2.16. The maximum Gasteiger partial charge on any atom is 0.323 e. The van der Waals surface area contributed by atoms with Gasteiger partial charge in [0, 0.05) is 18.8 Å². The second-order valence-electron chi connectivity index (χ2n) is 5.57. The van der Waals surface area contributed by atoms with Gasteiger partial charge in [-0.3, -0.25) is 4.68 Å². The highest BCUT2D eigenvalue weighted by atomic mass is 19.1. The third-order valence-corrected chi connectivity index (χ3v) is 3.04. The molecule has 0 aliphatic rings. The lowest BCUT2D eigenvalue weighted by atomic mass is 10.3. The minimum atomic E-state index is -0.742. The lowest BCUT2D eigenvalue weighted by Crippen LogP contribution is -2.29. The van der Waals surface area contributed by atoms with Crippen LogP contribution >= 0.6 is 0 Å². The normalized spacial score (nSPS) is 12.2. The van der Waals surface area contributed by atoms with E-state index in [1.54, 1.807) is 0 Å². The fourth-order valence-corrected chi connectivity index (χ4v) is 2.10. The number of carbonyl (C=O) groups is 1. The summed E-state index contributed by atoms with van der Waals surface area (Å²) in [6.07, 6.45) is 2.31. The molecular weight excluding hydrogens is 320 g/mol. The number of urea groups is 1. The van der Waals surface area contributed by atoms with Gasteiger partial charge >= 0.3 is 6.03 Å². The van der Waals surface area contributed by atoms with Crippen LogP contribution in [0.3, 0.4) is 0 Å². The van der Waals surface area contributed by atoms with Crippen molar-refractivity contribution in [1.29, 1.82) is 0 Å². The van der Waals surface area contributed by atoms with Gasteiger partial charge in [0.2, 0.25) is 0 Å². The Morgan fingerprint density at radius 3 is 2.83 bits per heavy atom. The first-order chi connectivity index (χ1) is 11.3. The van der Waals surface area contributed by atoms with Crippen LogP contribution in [0.5, 0.6) is 0 Å². The molecule has 0 saturated heterocycles. The first-order valence-corrected chi connectivity index (χ1v) is 7.22. The van der Waals surface area contributed by atoms with E-state index in [0.717, 1.165) is 18.2 Å². The summed E-state index contributed by atoms with van der Waals surface area (Å²) in [4.78, 5) is 13.7. The number of likely N-dealkylation sites (N-methyl/N-ethyl adjacent to an activating group) is 1. The Morgan fingerprint density at radius 1 is 1.38 bits per heavy atom. The van der Waals surface area contributed by atoms with Crippen molar-refractivity contribution in [3.8, 4) is 0 Å². The molecule has 0 radical (unpaired) electrons. The number of aromatic nitrogens is 2. The van der Waals surface area contributed by atoms with Crippen molar-refractivity contribution in [2.24, 2.45) is 0 Å². The molecule has 2 rings (SSSR count). The molecule has 24 heavy (non-hydrogen) atoms. The van der Waals surface area contributed by atoms with Gasteiger partial charge in [0.1, 0.15) is 11.6 Å². The number of halogens is 2. The van der Waals surface area contributed by atoms with E-state index in [2.05, 4.69) is 15.7 Å². The standard InChI is InChI=1S/C15H19F2N5O2/c1-21(2)8-12(23)9-22-7-11(6-18-22)19-15(24)20-14-5-10(16)3-4-13(14)17/h3-7,12,23H,8-9H2,1-2H3,(H2,19,20,24). The van der Waals surface area contributed by atoms with Crippen LogP contribution in [0.1, 0.15) is 0 Å². The highest BCUT2D eigenvalue weighted by Gasteiger charge is 2.11. The summed E-state index contributed by atoms with van der Waals surface area (Å²) in [5.74, 6) is -1.40. The van der Waals surface area contributed by atoms with Crippen LogP contribution in [-0.2, 0) is 6.54 Å². The molecule has 1 aromatic carbocycles. The Bertz CT molecular complexity index is 705. The second kappa shape index (κ2) is 7.84. The zero-order valence-corrected chi connectivity index (χ0v) is 13.3. The number of aliphatic hydroxyl groups is 1. The monoisotopic (exact) mass is 339 g/mol. The van der Waals surface area contributed by atoms with E-state index in [-0.39, 0.29) is 12.2 Å². The van der Waals surface area contributed by atoms with E-state index in [1.165, 1.54) is 17.1 Å². The Hall–Kier alpha value is -2.52. The number of carbonyl (C=O) groups excluding carboxylic acids is 1. The van der Waals surface area contributed by atoms with Gasteiger partial charge in [-0.25, -0.2) is 13.6 Å². The number of hydrogen-bond donors (Lipinski definition) is 3. The molecule has 7 nitrogen and oxygen atoms in total. The summed E-state index contributed by atoms with van der Waals surface area (Å²) >= 11 is 0. The smallest absolute Gasteiger partial charge is 0.323 e. The van der Waals surface area contributed by atoms with E-state index >= 15 is 0 Å². The van der Waals surface area contributed by atoms with Crippen molar-refractivity contribution in [2.75, 3.05) is 31.3 Å². The average Bonchev–Trinajstić information content (AvgIpc) is 2.88. The Labute approximate surface area is 137 Å². The summed E-state index contributed by atoms with van der Waals surface area (Å²) < 4.78 is 28.0. The summed E-state index contributed by atoms with van der Waals surface area (Å²) in [6.45, 7) is 0.738. The fraction of sp³-hybridized carbons (Fsp3) is 0.333. The topological polar surface area (TPSA) is 82.4 Å². The molecule has 1 heterocycles. The predicted octanol–water partition coefficient (Wildman–Crippen LogP) is 1.73. The summed E-state index contributed by atoms with van der Waals surface area (Å²) in [5, 5.41) is 18.5. The van der Waals surface area contributed by atoms with Gasteiger partial charge in [-0.05, 0) is 26.2 Å². The summed E-state index contributed by atoms with van der Waals surface area (Å²) in [7, 11) is 3.68. The maximum absolute atomic E-state index is 13.5. The van der Waals surface area contributed by atoms with Crippen molar-refractivity contribution in [2.45, 2.75) is 12.6 Å². The number of benzene rings is 1. The minimum absolute atomic E-state index is 0.263. The van der Waals surface area contributed by atoms with Crippen LogP contribution in [0.4, 0.5) is 25.0 Å². The van der Waals surface area contributed by atoms with Gasteiger partial charge in [-0.1, -0.05) is 0 Å². The van der Waals surface area contributed by atoms with Crippen LogP contribution in [0.15, 0.2) is 30.6 Å². The SMILES string of the molecule is CN(C)CC(O)Cn1cc(NC(=O)Nc2cc(F)ccc2F)cn1. The number of nitrogens with zero attached hydrogens (tertiary/aromatic N) is 3. The van der Waals surface area contributed by atoms with E-state index in [4.69, 9.17) is 0 Å². The van der Waals surface area contributed by atoms with Gasteiger partial charge in [0.25, 0.3) is 0 Å². The van der Waals surface area contributed by atoms with Gasteiger partial charge in [-0.2, -0.15) is 5.10 Å². The molecule has 0 fully saturated rings. The molecule has 1 aromatic heterocycles. The van der Waals surface area contributed by atoms with Crippen molar-refractivity contribution >= 4 is 17.4 Å². The first kappa shape index (κ1) is 17.8. The van der Waals surface area contributed by atoms with Gasteiger partial charge in [0.15, 0.2) is 0 Å². The Morgan fingerprint density at radius 2 is 2.12 bits per heavy atom. The van der Waals surface area contributed by atoms with Gasteiger partial charge < -0.3 is 20.6 Å². The predicted molar refractivity (Wildman–Crippen MR) is 85.8 cm³/mol. The molecule has 1 atom stereocenters. The molecule has 9 heteroatoms. The van der Waals surface area contributed by atoms with E-state index in [9.17, 15) is 18.7 Å². The third kappa shape index (κ3) is 5.28. The number of anilines is 2. The zero-order chi connectivity index (χ0) is 17.7. The van der Waals surface area contributed by atoms with E-state index in [1.807, 2.05) is 19.0 Å². The molecule has 3 N–H and O–H groups in total. The highest BCUT2D eigenvalue weighted by molar-refractivity contribution is 5.99. The Kier molecular flexibility index (Phi) is 5.83. The van der Waals surface area contributed by atoms with Crippen LogP contribution in [0.2, 0.25) is 0 Å². The molecule has 130 valence electrons. The largest absolute Gasteiger partial charge is 0.390 e. The number of hydrogen-bond acceptors (Lipinski definition) is 4. The quantitative estimate of drug-likeness (QED) is 0.748. The lowest BCUT2D eigenvalue weighted by Gasteiger charge is -2.15. The molecule has 0 aliphatic heterocycles. The maximum atomic E-state index is 13.5. The first-order valence-electron chi connectivity index (χ1n) is 7.22. The average molecular weight is 339 g/mol. The van der Waals surface area contributed by atoms with Crippen LogP contribution in [-0.4, -0.2) is 52.6 Å². The van der Waals surface area contributed by atoms with E-state index < -0.39 is 23.8 Å². The second-order valence-corrected chi connectivity index (χ2v) is 5.57. The third-order valence-electron chi connectivity index (χ3n) is 3.04. The van der Waals surface area contributed by atoms with Gasteiger partial charge in [-0.15, -0.1) is 0 Å². The van der Waals surface area contributed by atoms with Crippen LogP contribution < -0.4 is 10.6 Å². The van der Waals surface area contributed by atoms with Crippen LogP contribution in [0, 0.1) is 11.6 Å². The van der Waals surface area contributed by atoms with Crippen molar-refractivity contribution in [3.05, 3.63) is 42.2 Å². The summed E-state index contributed by atoms with van der Waals surface area (Å²) in [5.41, 5.74) is 0.0997. The number of aliphatic hydroxyl groups excluding tert-OH is 1. The zero-order valence-electron chi connectivity index (χ0n) is 13.3. The van der Waals surface area contributed by atoms with Crippen molar-refractivity contribution in [1.82, 2.24) is 14.7 Å². The summed E-state index contributed by atoms with van der Waals surface area (Å²) in [6, 6.07) is 2.04. The fourth-order valence-electron chi connectivity index (χ4n) is 2.10. The van der Waals surface area contributed by atoms with E-state index in [0.29, 0.717) is 12.2 Å². The molecular formula is C15H19F2N5O2. The number of amides is 2. The van der Waals surface area contributed by atoms with Crippen molar-refractivity contribution < 1.29 is 18.7 Å². The number of nitrogens with one attached hydrogen (secondary N) is 2. The van der Waals surface area contributed by atoms with Crippen molar-refractivity contribution in [3.63, 3.8) is 0 Å². The van der Waals surface area contributed by atoms with Gasteiger partial charge in [0.05, 0.1) is 30.2 Å². The number of rotatable bonds is 6. The Balaban J connectivity index is 1.92. The minimum Gasteiger partial charge on any atom is -0.390 e.